The van der Waals surface area contributed by atoms with Crippen molar-refractivity contribution in [3.63, 3.8) is 0 Å². The lowest BCUT2D eigenvalue weighted by molar-refractivity contribution is 0.140. The Hall–Kier alpha value is -2.20. The normalized spacial score (nSPS) is 13.7. The number of rotatable bonds is 6. The number of nitrogens with one attached hydrogen (secondary N) is 1. The number of ether oxygens (including phenoxy) is 1. The van der Waals surface area contributed by atoms with Crippen LogP contribution in [0.4, 0.5) is 10.5 Å². The summed E-state index contributed by atoms with van der Waals surface area (Å²) in [6.07, 6.45) is 3.67. The number of halogens is 1. The number of amides is 1. The van der Waals surface area contributed by atoms with Gasteiger partial charge in [0, 0.05) is 19.6 Å². The van der Waals surface area contributed by atoms with Crippen molar-refractivity contribution >= 4 is 23.4 Å². The second kappa shape index (κ2) is 8.77. The van der Waals surface area contributed by atoms with Gasteiger partial charge in [-0.2, -0.15) is 0 Å². The first-order chi connectivity index (χ1) is 12.2. The Morgan fingerprint density at radius 3 is 2.72 bits per heavy atom. The molecule has 1 aliphatic heterocycles. The molecule has 2 aromatic rings. The molecular weight excluding hydrogens is 336 g/mol. The summed E-state index contributed by atoms with van der Waals surface area (Å²) in [6, 6.07) is 15.7. The van der Waals surface area contributed by atoms with E-state index >= 15 is 0 Å². The molecule has 0 atom stereocenters. The zero-order valence-electron chi connectivity index (χ0n) is 14.1. The second-order valence-electron chi connectivity index (χ2n) is 6.05. The van der Waals surface area contributed by atoms with Crippen molar-refractivity contribution < 1.29 is 9.53 Å². The van der Waals surface area contributed by atoms with E-state index in [9.17, 15) is 4.79 Å². The second-order valence-corrected chi connectivity index (χ2v) is 6.45. The van der Waals surface area contributed by atoms with E-state index in [1.807, 2.05) is 36.4 Å². The minimum absolute atomic E-state index is 0.278. The maximum Gasteiger partial charge on any atom is 0.407 e. The maximum absolute atomic E-state index is 11.7. The van der Waals surface area contributed by atoms with E-state index in [1.165, 1.54) is 0 Å². The van der Waals surface area contributed by atoms with Crippen LogP contribution in [0, 0.1) is 6.42 Å². The van der Waals surface area contributed by atoms with Crippen molar-refractivity contribution in [3.8, 4) is 0 Å². The van der Waals surface area contributed by atoms with E-state index in [-0.39, 0.29) is 6.61 Å². The van der Waals surface area contributed by atoms with E-state index in [2.05, 4.69) is 28.8 Å². The van der Waals surface area contributed by atoms with Crippen molar-refractivity contribution in [2.75, 3.05) is 24.5 Å². The summed E-state index contributed by atoms with van der Waals surface area (Å²) in [4.78, 5) is 14.0. The van der Waals surface area contributed by atoms with Crippen molar-refractivity contribution in [2.45, 2.75) is 19.4 Å². The van der Waals surface area contributed by atoms with E-state index in [4.69, 9.17) is 16.3 Å². The molecule has 1 fully saturated rings. The fraction of sp³-hybridized carbons (Fsp3) is 0.300. The Labute approximate surface area is 153 Å². The predicted molar refractivity (Wildman–Crippen MR) is 101 cm³/mol. The summed E-state index contributed by atoms with van der Waals surface area (Å²) in [6.45, 7) is 2.77. The van der Waals surface area contributed by atoms with Gasteiger partial charge >= 0.3 is 6.09 Å². The first-order valence-corrected chi connectivity index (χ1v) is 8.90. The molecular formula is C20H22ClN2O2. The van der Waals surface area contributed by atoms with Crippen LogP contribution in [0.3, 0.4) is 0 Å². The fourth-order valence-electron chi connectivity index (χ4n) is 2.85. The van der Waals surface area contributed by atoms with Gasteiger partial charge in [0.2, 0.25) is 0 Å². The van der Waals surface area contributed by atoms with Gasteiger partial charge in [0.1, 0.15) is 6.61 Å². The largest absolute Gasteiger partial charge is 0.445 e. The van der Waals surface area contributed by atoms with Gasteiger partial charge in [-0.1, -0.05) is 48.0 Å². The smallest absolute Gasteiger partial charge is 0.407 e. The zero-order valence-corrected chi connectivity index (χ0v) is 14.8. The summed E-state index contributed by atoms with van der Waals surface area (Å²) in [5, 5.41) is 3.53. The van der Waals surface area contributed by atoms with Crippen LogP contribution in [0.1, 0.15) is 17.5 Å². The van der Waals surface area contributed by atoms with Gasteiger partial charge in [0.25, 0.3) is 0 Å². The summed E-state index contributed by atoms with van der Waals surface area (Å²) in [5.41, 5.74) is 3.15. The molecule has 0 aliphatic carbocycles. The minimum Gasteiger partial charge on any atom is -0.445 e. The highest BCUT2D eigenvalue weighted by atomic mass is 35.5. The molecule has 0 aromatic heterocycles. The highest BCUT2D eigenvalue weighted by Crippen LogP contribution is 2.29. The van der Waals surface area contributed by atoms with Crippen LogP contribution in [0.15, 0.2) is 48.5 Å². The summed E-state index contributed by atoms with van der Waals surface area (Å²) >= 11 is 6.40. The molecule has 0 bridgehead atoms. The predicted octanol–water partition coefficient (Wildman–Crippen LogP) is 4.22. The number of carbonyl (C=O) groups is 1. The molecule has 3 rings (SSSR count). The Morgan fingerprint density at radius 2 is 2.00 bits per heavy atom. The van der Waals surface area contributed by atoms with Crippen LogP contribution in [-0.4, -0.2) is 25.7 Å². The molecule has 1 N–H and O–H groups in total. The fourth-order valence-corrected chi connectivity index (χ4v) is 3.17. The Kier molecular flexibility index (Phi) is 6.18. The van der Waals surface area contributed by atoms with Gasteiger partial charge in [-0.15, -0.1) is 0 Å². The highest BCUT2D eigenvalue weighted by molar-refractivity contribution is 6.33. The van der Waals surface area contributed by atoms with E-state index in [0.29, 0.717) is 13.0 Å². The van der Waals surface area contributed by atoms with Crippen molar-refractivity contribution in [3.05, 3.63) is 71.1 Å². The van der Waals surface area contributed by atoms with Crippen molar-refractivity contribution in [1.82, 2.24) is 5.32 Å². The molecule has 0 spiro atoms. The van der Waals surface area contributed by atoms with Crippen molar-refractivity contribution in [1.29, 1.82) is 0 Å². The number of benzene rings is 2. The Morgan fingerprint density at radius 1 is 1.16 bits per heavy atom. The summed E-state index contributed by atoms with van der Waals surface area (Å²) in [5.74, 6) is 0. The van der Waals surface area contributed by atoms with Gasteiger partial charge in [0.05, 0.1) is 10.7 Å². The first kappa shape index (κ1) is 17.6. The van der Waals surface area contributed by atoms with Crippen LogP contribution >= 0.6 is 11.6 Å². The quantitative estimate of drug-likeness (QED) is 0.841. The van der Waals surface area contributed by atoms with Crippen molar-refractivity contribution in [2.24, 2.45) is 0 Å². The molecule has 5 heteroatoms. The van der Waals surface area contributed by atoms with E-state index in [0.717, 1.165) is 41.3 Å². The van der Waals surface area contributed by atoms with Gasteiger partial charge in [0.15, 0.2) is 0 Å². The third-order valence-corrected chi connectivity index (χ3v) is 4.50. The monoisotopic (exact) mass is 357 g/mol. The SMILES string of the molecule is O=C(NCCc1ccc(N2C[CH]CC2)c(Cl)c1)OCc1ccccc1. The van der Waals surface area contributed by atoms with Gasteiger partial charge in [-0.05, 0) is 42.5 Å². The number of nitrogens with zero attached hydrogens (tertiary/aromatic N) is 1. The lowest BCUT2D eigenvalue weighted by Gasteiger charge is -2.19. The number of alkyl carbamates (subject to hydrolysis) is 1. The molecule has 1 radical (unpaired) electrons. The molecule has 1 amide bonds. The zero-order chi connectivity index (χ0) is 17.5. The first-order valence-electron chi connectivity index (χ1n) is 8.52. The van der Waals surface area contributed by atoms with Gasteiger partial charge in [-0.3, -0.25) is 0 Å². The Balaban J connectivity index is 1.42. The van der Waals surface area contributed by atoms with E-state index < -0.39 is 6.09 Å². The molecule has 131 valence electrons. The minimum atomic E-state index is -0.404. The lowest BCUT2D eigenvalue weighted by atomic mass is 10.1. The third kappa shape index (κ3) is 5.13. The topological polar surface area (TPSA) is 41.6 Å². The number of hydrogen-bond donors (Lipinski definition) is 1. The van der Waals surface area contributed by atoms with Crippen LogP contribution in [-0.2, 0) is 17.8 Å². The molecule has 25 heavy (non-hydrogen) atoms. The maximum atomic E-state index is 11.7. The van der Waals surface area contributed by atoms with Gasteiger partial charge < -0.3 is 15.0 Å². The number of carbonyl (C=O) groups excluding carboxylic acids is 1. The molecule has 1 heterocycles. The standard InChI is InChI=1S/C20H22ClN2O2/c21-18-14-16(8-9-19(18)23-12-4-5-13-23)10-11-22-20(24)25-15-17-6-2-1-3-7-17/h1-4,6-9,14H,5,10-13,15H2,(H,22,24). The molecule has 4 nitrogen and oxygen atoms in total. The van der Waals surface area contributed by atoms with E-state index in [1.54, 1.807) is 0 Å². The molecule has 2 aromatic carbocycles. The highest BCUT2D eigenvalue weighted by Gasteiger charge is 2.15. The van der Waals surface area contributed by atoms with Crippen LogP contribution in [0.5, 0.6) is 0 Å². The van der Waals surface area contributed by atoms with Crippen LogP contribution in [0.25, 0.3) is 0 Å². The molecule has 1 aliphatic rings. The third-order valence-electron chi connectivity index (χ3n) is 4.20. The van der Waals surface area contributed by atoms with Gasteiger partial charge in [-0.25, -0.2) is 4.79 Å². The Bertz CT molecular complexity index is 700. The van der Waals surface area contributed by atoms with Crippen LogP contribution in [0.2, 0.25) is 5.02 Å². The molecule has 0 saturated carbocycles. The summed E-state index contributed by atoms with van der Waals surface area (Å²) < 4.78 is 5.19. The molecule has 1 saturated heterocycles. The molecule has 0 unspecified atom stereocenters. The number of hydrogen-bond acceptors (Lipinski definition) is 3. The lowest BCUT2D eigenvalue weighted by Crippen LogP contribution is -2.26. The van der Waals surface area contributed by atoms with Crippen LogP contribution < -0.4 is 10.2 Å². The summed E-state index contributed by atoms with van der Waals surface area (Å²) in [7, 11) is 0. The average Bonchev–Trinajstić information content (AvgIpc) is 3.15. The number of anilines is 1. The average molecular weight is 358 g/mol.